The van der Waals surface area contributed by atoms with Gasteiger partial charge in [-0.05, 0) is 22.6 Å². The van der Waals surface area contributed by atoms with Gasteiger partial charge in [0.25, 0.3) is 5.69 Å². The van der Waals surface area contributed by atoms with Crippen molar-refractivity contribution in [3.63, 3.8) is 0 Å². The second-order valence-electron chi connectivity index (χ2n) is 6.02. The molecule has 0 fully saturated rings. The molecule has 0 radical (unpaired) electrons. The van der Waals surface area contributed by atoms with Crippen molar-refractivity contribution in [2.24, 2.45) is 0 Å². The number of nitro groups is 1. The summed E-state index contributed by atoms with van der Waals surface area (Å²) in [5.41, 5.74) is 2.23. The number of nitro benzene ring substituents is 1. The highest BCUT2D eigenvalue weighted by atomic mass is 35.5. The van der Waals surface area contributed by atoms with E-state index in [0.717, 1.165) is 22.0 Å². The number of carbonyl (C=O) groups excluding carboxylic acids is 1. The van der Waals surface area contributed by atoms with Crippen LogP contribution in [0.3, 0.4) is 0 Å². The SMILES string of the molecule is O=C1C[C@H](c2cc([N+](=O)[O-])ccc2Cl)c2ccc3ccccc3c2N1. The normalized spacial score (nSPS) is 16.4. The Morgan fingerprint density at radius 2 is 1.88 bits per heavy atom. The van der Waals surface area contributed by atoms with E-state index < -0.39 is 4.92 Å². The lowest BCUT2D eigenvalue weighted by atomic mass is 9.83. The number of fused-ring (bicyclic) bond motifs is 3. The van der Waals surface area contributed by atoms with E-state index in [1.807, 2.05) is 36.4 Å². The van der Waals surface area contributed by atoms with Crippen LogP contribution in [0.15, 0.2) is 54.6 Å². The number of non-ortho nitro benzene ring substituents is 1. The number of hydrogen-bond acceptors (Lipinski definition) is 3. The van der Waals surface area contributed by atoms with Crippen molar-refractivity contribution >= 4 is 39.7 Å². The number of hydrogen-bond donors (Lipinski definition) is 1. The zero-order valence-corrected chi connectivity index (χ0v) is 13.8. The lowest BCUT2D eigenvalue weighted by Crippen LogP contribution is -2.24. The molecule has 0 bridgehead atoms. The van der Waals surface area contributed by atoms with E-state index in [2.05, 4.69) is 5.32 Å². The summed E-state index contributed by atoms with van der Waals surface area (Å²) < 4.78 is 0. The van der Waals surface area contributed by atoms with Crippen LogP contribution in [-0.4, -0.2) is 10.8 Å². The fourth-order valence-electron chi connectivity index (χ4n) is 3.39. The first-order valence-corrected chi connectivity index (χ1v) is 8.18. The highest BCUT2D eigenvalue weighted by molar-refractivity contribution is 6.31. The zero-order chi connectivity index (χ0) is 17.6. The number of nitrogens with one attached hydrogen (secondary N) is 1. The molecule has 3 aromatic rings. The summed E-state index contributed by atoms with van der Waals surface area (Å²) in [6.07, 6.45) is 0.201. The Kier molecular flexibility index (Phi) is 3.66. The van der Waals surface area contributed by atoms with Crippen LogP contribution in [0.4, 0.5) is 11.4 Å². The van der Waals surface area contributed by atoms with Crippen molar-refractivity contribution in [2.75, 3.05) is 5.32 Å². The summed E-state index contributed by atoms with van der Waals surface area (Å²) in [6.45, 7) is 0. The van der Waals surface area contributed by atoms with Gasteiger partial charge in [-0.3, -0.25) is 14.9 Å². The van der Waals surface area contributed by atoms with E-state index in [0.29, 0.717) is 10.6 Å². The Morgan fingerprint density at radius 1 is 1.08 bits per heavy atom. The molecule has 1 heterocycles. The molecule has 0 aliphatic carbocycles. The summed E-state index contributed by atoms with van der Waals surface area (Å²) in [4.78, 5) is 23.0. The first kappa shape index (κ1) is 15.6. The van der Waals surface area contributed by atoms with Gasteiger partial charge >= 0.3 is 0 Å². The van der Waals surface area contributed by atoms with E-state index in [1.54, 1.807) is 0 Å². The molecule has 0 saturated heterocycles. The van der Waals surface area contributed by atoms with Crippen molar-refractivity contribution in [3.05, 3.63) is 80.9 Å². The Labute approximate surface area is 148 Å². The molecule has 1 aliphatic heterocycles. The van der Waals surface area contributed by atoms with Crippen LogP contribution >= 0.6 is 11.6 Å². The first-order valence-electron chi connectivity index (χ1n) is 7.80. The number of rotatable bonds is 2. The summed E-state index contributed by atoms with van der Waals surface area (Å²) >= 11 is 6.31. The topological polar surface area (TPSA) is 72.2 Å². The molecule has 0 aromatic heterocycles. The highest BCUT2D eigenvalue weighted by Gasteiger charge is 2.30. The Bertz CT molecular complexity index is 1030. The van der Waals surface area contributed by atoms with Crippen LogP contribution < -0.4 is 5.32 Å². The van der Waals surface area contributed by atoms with Gasteiger partial charge in [0, 0.05) is 34.9 Å². The van der Waals surface area contributed by atoms with E-state index in [9.17, 15) is 14.9 Å². The monoisotopic (exact) mass is 352 g/mol. The molecule has 0 spiro atoms. The molecule has 0 unspecified atom stereocenters. The van der Waals surface area contributed by atoms with Gasteiger partial charge in [0.05, 0.1) is 10.6 Å². The minimum absolute atomic E-state index is 0.0345. The fourth-order valence-corrected chi connectivity index (χ4v) is 3.64. The Morgan fingerprint density at radius 3 is 2.68 bits per heavy atom. The van der Waals surface area contributed by atoms with E-state index >= 15 is 0 Å². The van der Waals surface area contributed by atoms with Gasteiger partial charge in [-0.2, -0.15) is 0 Å². The van der Waals surface area contributed by atoms with Gasteiger partial charge in [0.1, 0.15) is 0 Å². The standard InChI is InChI=1S/C19H13ClN2O3/c20-17-8-6-12(22(24)25)9-16(17)15-10-18(23)21-19-13-4-2-1-3-11(13)5-7-14(15)19/h1-9,15H,10H2,(H,21,23)/t15-/m0/s1. The van der Waals surface area contributed by atoms with Crippen LogP contribution in [0.1, 0.15) is 23.5 Å². The van der Waals surface area contributed by atoms with Crippen LogP contribution in [0, 0.1) is 10.1 Å². The van der Waals surface area contributed by atoms with Crippen molar-refractivity contribution in [1.29, 1.82) is 0 Å². The van der Waals surface area contributed by atoms with Gasteiger partial charge in [-0.15, -0.1) is 0 Å². The maximum absolute atomic E-state index is 12.3. The molecule has 1 amide bonds. The number of amides is 1. The molecular formula is C19H13ClN2O3. The fraction of sp³-hybridized carbons (Fsp3) is 0.105. The first-order chi connectivity index (χ1) is 12.0. The maximum atomic E-state index is 12.3. The number of halogens is 1. The average Bonchev–Trinajstić information content (AvgIpc) is 2.61. The third kappa shape index (κ3) is 2.62. The molecule has 4 rings (SSSR count). The second-order valence-corrected chi connectivity index (χ2v) is 6.43. The average molecular weight is 353 g/mol. The lowest BCUT2D eigenvalue weighted by Gasteiger charge is -2.27. The number of benzene rings is 3. The van der Waals surface area contributed by atoms with Crippen LogP contribution in [0.5, 0.6) is 0 Å². The van der Waals surface area contributed by atoms with Crippen molar-refractivity contribution < 1.29 is 9.72 Å². The van der Waals surface area contributed by atoms with Crippen molar-refractivity contribution in [3.8, 4) is 0 Å². The van der Waals surface area contributed by atoms with Gasteiger partial charge in [-0.1, -0.05) is 48.0 Å². The quantitative estimate of drug-likeness (QED) is 0.528. The maximum Gasteiger partial charge on any atom is 0.269 e. The molecule has 6 heteroatoms. The number of carbonyl (C=O) groups is 1. The summed E-state index contributed by atoms with van der Waals surface area (Å²) in [6, 6.07) is 16.1. The van der Waals surface area contributed by atoms with Crippen LogP contribution in [-0.2, 0) is 4.79 Å². The molecule has 124 valence electrons. The Hall–Kier alpha value is -2.92. The molecule has 0 saturated carbocycles. The molecule has 5 nitrogen and oxygen atoms in total. The summed E-state index contributed by atoms with van der Waals surface area (Å²) in [5.74, 6) is -0.447. The van der Waals surface area contributed by atoms with E-state index in [4.69, 9.17) is 11.6 Å². The second kappa shape index (κ2) is 5.86. The number of anilines is 1. The van der Waals surface area contributed by atoms with Gasteiger partial charge in [0.2, 0.25) is 5.91 Å². The van der Waals surface area contributed by atoms with Gasteiger partial charge < -0.3 is 5.32 Å². The molecule has 1 atom stereocenters. The Balaban J connectivity index is 1.94. The lowest BCUT2D eigenvalue weighted by molar-refractivity contribution is -0.384. The summed E-state index contributed by atoms with van der Waals surface area (Å²) in [5, 5.41) is 16.4. The molecule has 25 heavy (non-hydrogen) atoms. The largest absolute Gasteiger partial charge is 0.325 e. The third-order valence-corrected chi connectivity index (χ3v) is 4.90. The molecule has 1 N–H and O–H groups in total. The molecule has 3 aromatic carbocycles. The van der Waals surface area contributed by atoms with E-state index in [-0.39, 0.29) is 23.9 Å². The van der Waals surface area contributed by atoms with E-state index in [1.165, 1.54) is 18.2 Å². The smallest absolute Gasteiger partial charge is 0.269 e. The highest BCUT2D eigenvalue weighted by Crippen LogP contribution is 2.43. The zero-order valence-electron chi connectivity index (χ0n) is 13.0. The predicted octanol–water partition coefficient (Wildman–Crippen LogP) is 4.88. The minimum atomic E-state index is -0.454. The van der Waals surface area contributed by atoms with Crippen molar-refractivity contribution in [2.45, 2.75) is 12.3 Å². The van der Waals surface area contributed by atoms with Crippen LogP contribution in [0.25, 0.3) is 10.8 Å². The molecular weight excluding hydrogens is 340 g/mol. The predicted molar refractivity (Wildman–Crippen MR) is 97.1 cm³/mol. The van der Waals surface area contributed by atoms with Gasteiger partial charge in [0.15, 0.2) is 0 Å². The molecule has 1 aliphatic rings. The summed E-state index contributed by atoms with van der Waals surface area (Å²) in [7, 11) is 0. The minimum Gasteiger partial charge on any atom is -0.325 e. The van der Waals surface area contributed by atoms with Gasteiger partial charge in [-0.25, -0.2) is 0 Å². The third-order valence-electron chi connectivity index (χ3n) is 4.56. The van der Waals surface area contributed by atoms with Crippen LogP contribution in [0.2, 0.25) is 5.02 Å². The van der Waals surface area contributed by atoms with Crippen molar-refractivity contribution in [1.82, 2.24) is 0 Å². The number of nitrogens with zero attached hydrogens (tertiary/aromatic N) is 1.